The first-order valence-corrected chi connectivity index (χ1v) is 9.36. The summed E-state index contributed by atoms with van der Waals surface area (Å²) >= 11 is 2.93. The fourth-order valence-electron chi connectivity index (χ4n) is 2.30. The van der Waals surface area contributed by atoms with Crippen LogP contribution < -0.4 is 14.8 Å². The number of thioether (sulfide) groups is 1. The molecule has 0 bridgehead atoms. The SMILES string of the molecule is COc1cc(/C=C2\SC(=O)NC2=O)cc(I)c1OCc1ccccc1F. The zero-order valence-electron chi connectivity index (χ0n) is 13.5. The van der Waals surface area contributed by atoms with Gasteiger partial charge in [0.25, 0.3) is 11.1 Å². The molecule has 3 rings (SSSR count). The first-order valence-electron chi connectivity index (χ1n) is 7.46. The minimum atomic E-state index is -0.422. The molecule has 0 aliphatic carbocycles. The number of amides is 2. The average Bonchev–Trinajstić information content (AvgIpc) is 2.92. The maximum absolute atomic E-state index is 13.7. The lowest BCUT2D eigenvalue weighted by Crippen LogP contribution is -2.17. The Morgan fingerprint density at radius 1 is 1.27 bits per heavy atom. The van der Waals surface area contributed by atoms with Crippen LogP contribution in [0.25, 0.3) is 6.08 Å². The molecule has 1 saturated heterocycles. The number of rotatable bonds is 5. The van der Waals surface area contributed by atoms with E-state index in [0.717, 1.165) is 15.3 Å². The number of methoxy groups -OCH3 is 1. The molecule has 0 radical (unpaired) electrons. The van der Waals surface area contributed by atoms with Gasteiger partial charge in [-0.3, -0.25) is 14.9 Å². The lowest BCUT2D eigenvalue weighted by molar-refractivity contribution is -0.115. The Bertz CT molecular complexity index is 916. The number of carbonyl (C=O) groups is 2. The van der Waals surface area contributed by atoms with Crippen LogP contribution in [0, 0.1) is 9.39 Å². The van der Waals surface area contributed by atoms with E-state index in [2.05, 4.69) is 27.9 Å². The number of carbonyl (C=O) groups excluding carboxylic acids is 2. The monoisotopic (exact) mass is 485 g/mol. The third-order valence-corrected chi connectivity index (χ3v) is 5.13. The van der Waals surface area contributed by atoms with Crippen molar-refractivity contribution in [3.05, 3.63) is 61.8 Å². The molecule has 5 nitrogen and oxygen atoms in total. The van der Waals surface area contributed by atoms with E-state index in [1.165, 1.54) is 13.2 Å². The van der Waals surface area contributed by atoms with E-state index in [9.17, 15) is 14.0 Å². The van der Waals surface area contributed by atoms with Crippen molar-refractivity contribution in [2.24, 2.45) is 0 Å². The normalized spacial score (nSPS) is 15.3. The lowest BCUT2D eigenvalue weighted by atomic mass is 10.1. The predicted octanol–water partition coefficient (Wildman–Crippen LogP) is 4.34. The molecule has 2 aromatic carbocycles. The second kappa shape index (κ2) is 8.09. The third-order valence-electron chi connectivity index (χ3n) is 3.52. The number of benzene rings is 2. The Morgan fingerprint density at radius 3 is 2.69 bits per heavy atom. The highest BCUT2D eigenvalue weighted by Gasteiger charge is 2.25. The third kappa shape index (κ3) is 4.18. The average molecular weight is 485 g/mol. The van der Waals surface area contributed by atoms with Crippen LogP contribution >= 0.6 is 34.4 Å². The molecule has 8 heteroatoms. The second-order valence-electron chi connectivity index (χ2n) is 5.27. The summed E-state index contributed by atoms with van der Waals surface area (Å²) in [6.07, 6.45) is 1.61. The molecule has 0 spiro atoms. The van der Waals surface area contributed by atoms with E-state index in [-0.39, 0.29) is 12.4 Å². The molecule has 134 valence electrons. The van der Waals surface area contributed by atoms with E-state index in [4.69, 9.17) is 9.47 Å². The molecule has 0 atom stereocenters. The molecule has 1 heterocycles. The van der Waals surface area contributed by atoms with E-state index in [1.54, 1.807) is 36.4 Å². The summed E-state index contributed by atoms with van der Waals surface area (Å²) in [5.41, 5.74) is 1.13. The number of ether oxygens (including phenoxy) is 2. The van der Waals surface area contributed by atoms with E-state index >= 15 is 0 Å². The Kier molecular flexibility index (Phi) is 5.82. The van der Waals surface area contributed by atoms with Crippen molar-refractivity contribution in [3.63, 3.8) is 0 Å². The summed E-state index contributed by atoms with van der Waals surface area (Å²) in [6, 6.07) is 9.88. The van der Waals surface area contributed by atoms with Gasteiger partial charge in [0.05, 0.1) is 15.6 Å². The van der Waals surface area contributed by atoms with Gasteiger partial charge in [-0.1, -0.05) is 18.2 Å². The van der Waals surface area contributed by atoms with Gasteiger partial charge in [0, 0.05) is 5.56 Å². The van der Waals surface area contributed by atoms with Gasteiger partial charge >= 0.3 is 0 Å². The highest BCUT2D eigenvalue weighted by molar-refractivity contribution is 14.1. The van der Waals surface area contributed by atoms with Crippen molar-refractivity contribution >= 4 is 51.6 Å². The minimum Gasteiger partial charge on any atom is -0.493 e. The number of imide groups is 1. The molecular weight excluding hydrogens is 472 g/mol. The molecule has 2 amide bonds. The van der Waals surface area contributed by atoms with Crippen molar-refractivity contribution in [2.75, 3.05) is 7.11 Å². The van der Waals surface area contributed by atoms with E-state index in [0.29, 0.717) is 27.5 Å². The summed E-state index contributed by atoms with van der Waals surface area (Å²) in [7, 11) is 1.50. The minimum absolute atomic E-state index is 0.0617. The maximum Gasteiger partial charge on any atom is 0.290 e. The Labute approximate surface area is 167 Å². The van der Waals surface area contributed by atoms with Crippen molar-refractivity contribution in [1.82, 2.24) is 5.32 Å². The van der Waals surface area contributed by atoms with Gasteiger partial charge in [-0.25, -0.2) is 4.39 Å². The molecule has 1 N–H and O–H groups in total. The maximum atomic E-state index is 13.7. The van der Waals surface area contributed by atoms with Gasteiger partial charge in [-0.2, -0.15) is 0 Å². The van der Waals surface area contributed by atoms with Crippen LogP contribution in [0.1, 0.15) is 11.1 Å². The largest absolute Gasteiger partial charge is 0.493 e. The Hall–Kier alpha value is -2.07. The Morgan fingerprint density at radius 2 is 2.04 bits per heavy atom. The first-order chi connectivity index (χ1) is 12.5. The van der Waals surface area contributed by atoms with Crippen LogP contribution in [-0.4, -0.2) is 18.3 Å². The standard InChI is InChI=1S/C18H13FINO4S/c1-24-14-7-10(8-15-17(22)21-18(23)26-15)6-13(20)16(14)25-9-11-4-2-3-5-12(11)19/h2-8H,9H2,1H3,(H,21,22,23)/b15-8-. The number of halogens is 2. The van der Waals surface area contributed by atoms with Gasteiger partial charge in [-0.15, -0.1) is 0 Å². The van der Waals surface area contributed by atoms with Crippen LogP contribution in [0.5, 0.6) is 11.5 Å². The number of hydrogen-bond acceptors (Lipinski definition) is 5. The van der Waals surface area contributed by atoms with Crippen LogP contribution in [0.2, 0.25) is 0 Å². The van der Waals surface area contributed by atoms with Crippen molar-refractivity contribution in [1.29, 1.82) is 0 Å². The molecular formula is C18H13FINO4S. The Balaban J connectivity index is 1.86. The summed E-state index contributed by atoms with van der Waals surface area (Å²) in [4.78, 5) is 23.2. The molecule has 1 fully saturated rings. The smallest absolute Gasteiger partial charge is 0.290 e. The summed E-state index contributed by atoms with van der Waals surface area (Å²) in [6.45, 7) is 0.0617. The van der Waals surface area contributed by atoms with Gasteiger partial charge < -0.3 is 9.47 Å². The van der Waals surface area contributed by atoms with Gasteiger partial charge in [-0.05, 0) is 64.2 Å². The van der Waals surface area contributed by atoms with Gasteiger partial charge in [0.15, 0.2) is 11.5 Å². The lowest BCUT2D eigenvalue weighted by Gasteiger charge is -2.14. The van der Waals surface area contributed by atoms with Crippen LogP contribution in [0.4, 0.5) is 9.18 Å². The molecule has 1 aliphatic heterocycles. The van der Waals surface area contributed by atoms with Gasteiger partial charge in [0.1, 0.15) is 12.4 Å². The first kappa shape index (κ1) is 18.7. The topological polar surface area (TPSA) is 64.6 Å². The van der Waals surface area contributed by atoms with E-state index in [1.807, 2.05) is 0 Å². The second-order valence-corrected chi connectivity index (χ2v) is 7.44. The van der Waals surface area contributed by atoms with Crippen molar-refractivity contribution in [2.45, 2.75) is 6.61 Å². The van der Waals surface area contributed by atoms with Crippen LogP contribution in [-0.2, 0) is 11.4 Å². The number of hydrogen-bond donors (Lipinski definition) is 1. The quantitative estimate of drug-likeness (QED) is 0.505. The van der Waals surface area contributed by atoms with Gasteiger partial charge in [0.2, 0.25) is 0 Å². The molecule has 0 saturated carbocycles. The number of nitrogens with one attached hydrogen (secondary N) is 1. The molecule has 2 aromatic rings. The summed E-state index contributed by atoms with van der Waals surface area (Å²) in [5.74, 6) is 0.179. The molecule has 0 unspecified atom stereocenters. The zero-order chi connectivity index (χ0) is 18.7. The fourth-order valence-corrected chi connectivity index (χ4v) is 3.76. The molecule has 0 aromatic heterocycles. The summed E-state index contributed by atoms with van der Waals surface area (Å²) in [5, 5.41) is 1.81. The predicted molar refractivity (Wildman–Crippen MR) is 106 cm³/mol. The molecule has 26 heavy (non-hydrogen) atoms. The van der Waals surface area contributed by atoms with E-state index < -0.39 is 11.1 Å². The fraction of sp³-hybridized carbons (Fsp3) is 0.111. The zero-order valence-corrected chi connectivity index (χ0v) is 16.5. The van der Waals surface area contributed by atoms with Crippen LogP contribution in [0.3, 0.4) is 0 Å². The van der Waals surface area contributed by atoms with Crippen molar-refractivity contribution < 1.29 is 23.5 Å². The summed E-state index contributed by atoms with van der Waals surface area (Å²) < 4.78 is 25.6. The highest BCUT2D eigenvalue weighted by Crippen LogP contribution is 2.36. The van der Waals surface area contributed by atoms with Crippen molar-refractivity contribution in [3.8, 4) is 11.5 Å². The molecule has 1 aliphatic rings. The highest BCUT2D eigenvalue weighted by atomic mass is 127. The van der Waals surface area contributed by atoms with Crippen LogP contribution in [0.15, 0.2) is 41.3 Å².